The highest BCUT2D eigenvalue weighted by Gasteiger charge is 2.65. The second-order valence-corrected chi connectivity index (χ2v) is 6.30. The predicted molar refractivity (Wildman–Crippen MR) is 79.2 cm³/mol. The van der Waals surface area contributed by atoms with E-state index in [0.717, 1.165) is 5.75 Å². The number of carboxylic acid groups (broad SMARTS) is 1. The fourth-order valence-electron chi connectivity index (χ4n) is 2.70. The van der Waals surface area contributed by atoms with Crippen LogP contribution < -0.4 is 10.1 Å². The van der Waals surface area contributed by atoms with Crippen molar-refractivity contribution in [3.8, 4) is 5.75 Å². The first-order valence-electron chi connectivity index (χ1n) is 7.04. The summed E-state index contributed by atoms with van der Waals surface area (Å²) >= 11 is 0. The minimum Gasteiger partial charge on any atom is -0.491 e. The Balaban J connectivity index is 1.99. The molecule has 21 heavy (non-hydrogen) atoms. The summed E-state index contributed by atoms with van der Waals surface area (Å²) in [4.78, 5) is 23.3. The van der Waals surface area contributed by atoms with Gasteiger partial charge in [0.1, 0.15) is 5.75 Å². The fraction of sp³-hybridized carbons (Fsp3) is 0.500. The van der Waals surface area contributed by atoms with E-state index in [4.69, 9.17) is 9.84 Å². The van der Waals surface area contributed by atoms with Crippen LogP contribution in [0.1, 0.15) is 27.7 Å². The number of amides is 1. The molecule has 0 aliphatic heterocycles. The summed E-state index contributed by atoms with van der Waals surface area (Å²) in [5, 5.41) is 11.9. The van der Waals surface area contributed by atoms with Crippen LogP contribution in [0.2, 0.25) is 0 Å². The van der Waals surface area contributed by atoms with Gasteiger partial charge in [-0.25, -0.2) is 0 Å². The lowest BCUT2D eigenvalue weighted by molar-refractivity contribution is -0.140. The van der Waals surface area contributed by atoms with E-state index in [1.165, 1.54) is 0 Å². The van der Waals surface area contributed by atoms with E-state index in [0.29, 0.717) is 5.69 Å². The fourth-order valence-corrected chi connectivity index (χ4v) is 2.70. The summed E-state index contributed by atoms with van der Waals surface area (Å²) in [6.45, 7) is 7.49. The summed E-state index contributed by atoms with van der Waals surface area (Å²) in [6.07, 6.45) is 0.0917. The molecule has 2 unspecified atom stereocenters. The predicted octanol–water partition coefficient (Wildman–Crippen LogP) is 2.77. The van der Waals surface area contributed by atoms with E-state index >= 15 is 0 Å². The minimum absolute atomic E-state index is 0.0917. The summed E-state index contributed by atoms with van der Waals surface area (Å²) in [5.74, 6) is -1.52. The van der Waals surface area contributed by atoms with Gasteiger partial charge in [-0.3, -0.25) is 9.59 Å². The second kappa shape index (κ2) is 5.39. The third-order valence-corrected chi connectivity index (χ3v) is 3.87. The number of carbonyl (C=O) groups excluding carboxylic acids is 1. The van der Waals surface area contributed by atoms with Crippen molar-refractivity contribution in [2.45, 2.75) is 33.8 Å². The van der Waals surface area contributed by atoms with Gasteiger partial charge in [0.05, 0.1) is 17.9 Å². The van der Waals surface area contributed by atoms with Gasteiger partial charge in [0.2, 0.25) is 5.91 Å². The number of nitrogens with one attached hydrogen (secondary N) is 1. The topological polar surface area (TPSA) is 75.6 Å². The SMILES string of the molecule is CC(C)Oc1ccc(NC(=O)C2C(C(=O)O)C2(C)C)cc1. The van der Waals surface area contributed by atoms with Crippen LogP contribution in [0.5, 0.6) is 5.75 Å². The molecule has 1 aliphatic carbocycles. The van der Waals surface area contributed by atoms with Crippen LogP contribution in [0.15, 0.2) is 24.3 Å². The van der Waals surface area contributed by atoms with Crippen LogP contribution in [-0.4, -0.2) is 23.1 Å². The molecule has 2 atom stereocenters. The molecule has 1 saturated carbocycles. The van der Waals surface area contributed by atoms with E-state index in [1.54, 1.807) is 38.1 Å². The maximum atomic E-state index is 12.2. The summed E-state index contributed by atoms with van der Waals surface area (Å²) in [7, 11) is 0. The van der Waals surface area contributed by atoms with Crippen LogP contribution in [0.25, 0.3) is 0 Å². The molecule has 0 heterocycles. The van der Waals surface area contributed by atoms with Crippen molar-refractivity contribution < 1.29 is 19.4 Å². The Morgan fingerprint density at radius 1 is 1.19 bits per heavy atom. The van der Waals surface area contributed by atoms with Crippen LogP contribution in [0.4, 0.5) is 5.69 Å². The largest absolute Gasteiger partial charge is 0.491 e. The lowest BCUT2D eigenvalue weighted by Gasteiger charge is -2.11. The Morgan fingerprint density at radius 3 is 2.19 bits per heavy atom. The van der Waals surface area contributed by atoms with Gasteiger partial charge in [-0.05, 0) is 43.5 Å². The van der Waals surface area contributed by atoms with E-state index in [2.05, 4.69) is 5.32 Å². The number of hydrogen-bond acceptors (Lipinski definition) is 3. The molecule has 1 fully saturated rings. The zero-order chi connectivity index (χ0) is 15.8. The Hall–Kier alpha value is -2.04. The minimum atomic E-state index is -0.916. The van der Waals surface area contributed by atoms with Crippen molar-refractivity contribution in [1.29, 1.82) is 0 Å². The number of carbonyl (C=O) groups is 2. The Kier molecular flexibility index (Phi) is 3.94. The first kappa shape index (κ1) is 15.4. The molecule has 0 radical (unpaired) electrons. The van der Waals surface area contributed by atoms with Crippen LogP contribution in [0, 0.1) is 17.3 Å². The van der Waals surface area contributed by atoms with Crippen LogP contribution >= 0.6 is 0 Å². The zero-order valence-electron chi connectivity index (χ0n) is 12.7. The summed E-state index contributed by atoms with van der Waals surface area (Å²) in [6, 6.07) is 7.06. The number of ether oxygens (including phenoxy) is 1. The molecule has 1 aromatic rings. The normalized spacial score (nSPS) is 22.7. The van der Waals surface area contributed by atoms with E-state index < -0.39 is 23.2 Å². The Bertz CT molecular complexity index is 548. The molecule has 1 aliphatic rings. The smallest absolute Gasteiger partial charge is 0.307 e. The molecule has 1 aromatic carbocycles. The highest BCUT2D eigenvalue weighted by Crippen LogP contribution is 2.58. The van der Waals surface area contributed by atoms with Crippen molar-refractivity contribution in [2.24, 2.45) is 17.3 Å². The van der Waals surface area contributed by atoms with Gasteiger partial charge < -0.3 is 15.2 Å². The molecule has 5 nitrogen and oxygen atoms in total. The van der Waals surface area contributed by atoms with Crippen molar-refractivity contribution >= 4 is 17.6 Å². The standard InChI is InChI=1S/C16H21NO4/c1-9(2)21-11-7-5-10(6-8-11)17-14(18)12-13(15(19)20)16(12,3)4/h5-9,12-13H,1-4H3,(H,17,18)(H,19,20). The van der Waals surface area contributed by atoms with E-state index in [-0.39, 0.29) is 12.0 Å². The monoisotopic (exact) mass is 291 g/mol. The van der Waals surface area contributed by atoms with Gasteiger partial charge in [0, 0.05) is 5.69 Å². The van der Waals surface area contributed by atoms with Crippen LogP contribution in [0.3, 0.4) is 0 Å². The molecular formula is C16H21NO4. The Morgan fingerprint density at radius 2 is 1.76 bits per heavy atom. The van der Waals surface area contributed by atoms with Gasteiger partial charge >= 0.3 is 5.97 Å². The van der Waals surface area contributed by atoms with Gasteiger partial charge in [-0.15, -0.1) is 0 Å². The molecule has 0 spiro atoms. The maximum absolute atomic E-state index is 12.2. The van der Waals surface area contributed by atoms with Crippen molar-refractivity contribution in [1.82, 2.24) is 0 Å². The molecule has 1 amide bonds. The first-order chi connectivity index (χ1) is 9.73. The Labute approximate surface area is 124 Å². The van der Waals surface area contributed by atoms with Gasteiger partial charge in [0.15, 0.2) is 0 Å². The number of benzene rings is 1. The van der Waals surface area contributed by atoms with E-state index in [1.807, 2.05) is 13.8 Å². The van der Waals surface area contributed by atoms with Gasteiger partial charge in [-0.2, -0.15) is 0 Å². The number of aliphatic carboxylic acids is 1. The average Bonchev–Trinajstić information content (AvgIpc) is 2.94. The third kappa shape index (κ3) is 3.17. The van der Waals surface area contributed by atoms with Gasteiger partial charge in [-0.1, -0.05) is 13.8 Å². The summed E-state index contributed by atoms with van der Waals surface area (Å²) < 4.78 is 5.53. The van der Waals surface area contributed by atoms with Crippen LogP contribution in [-0.2, 0) is 9.59 Å². The molecule has 0 saturated heterocycles. The number of rotatable bonds is 5. The molecular weight excluding hydrogens is 270 g/mol. The van der Waals surface area contributed by atoms with Gasteiger partial charge in [0.25, 0.3) is 0 Å². The van der Waals surface area contributed by atoms with Crippen molar-refractivity contribution in [3.05, 3.63) is 24.3 Å². The molecule has 0 aromatic heterocycles. The molecule has 0 bridgehead atoms. The molecule has 2 N–H and O–H groups in total. The first-order valence-corrected chi connectivity index (χ1v) is 7.04. The lowest BCUT2D eigenvalue weighted by atomic mass is 10.1. The average molecular weight is 291 g/mol. The van der Waals surface area contributed by atoms with Crippen molar-refractivity contribution in [3.63, 3.8) is 0 Å². The molecule has 5 heteroatoms. The van der Waals surface area contributed by atoms with E-state index in [9.17, 15) is 9.59 Å². The maximum Gasteiger partial charge on any atom is 0.307 e. The number of hydrogen-bond donors (Lipinski definition) is 2. The second-order valence-electron chi connectivity index (χ2n) is 6.30. The number of anilines is 1. The quantitative estimate of drug-likeness (QED) is 0.874. The third-order valence-electron chi connectivity index (χ3n) is 3.87. The highest BCUT2D eigenvalue weighted by atomic mass is 16.5. The molecule has 114 valence electrons. The highest BCUT2D eigenvalue weighted by molar-refractivity contribution is 5.99. The summed E-state index contributed by atoms with van der Waals surface area (Å²) in [5.41, 5.74) is 0.152. The number of carboxylic acids is 1. The lowest BCUT2D eigenvalue weighted by Crippen LogP contribution is -2.17. The van der Waals surface area contributed by atoms with Crippen molar-refractivity contribution in [2.75, 3.05) is 5.32 Å². The zero-order valence-corrected chi connectivity index (χ0v) is 12.7. The molecule has 2 rings (SSSR count).